The Labute approximate surface area is 164 Å². The number of aliphatic hydroxyl groups excluding tert-OH is 1. The van der Waals surface area contributed by atoms with Crippen molar-refractivity contribution in [3.05, 3.63) is 65.6 Å². The number of imidazole rings is 1. The van der Waals surface area contributed by atoms with Crippen LogP contribution in [-0.4, -0.2) is 40.9 Å². The third-order valence-electron chi connectivity index (χ3n) is 5.47. The zero-order valence-electron chi connectivity index (χ0n) is 16.5. The van der Waals surface area contributed by atoms with Gasteiger partial charge < -0.3 is 23.7 Å². The molecule has 4 rings (SSSR count). The van der Waals surface area contributed by atoms with Gasteiger partial charge in [-0.2, -0.15) is 0 Å². The second kappa shape index (κ2) is 7.54. The summed E-state index contributed by atoms with van der Waals surface area (Å²) >= 11 is 0. The van der Waals surface area contributed by atoms with Gasteiger partial charge in [0.2, 0.25) is 0 Å². The Hall–Kier alpha value is -2.41. The predicted octanol–water partition coefficient (Wildman–Crippen LogP) is 3.41. The molecule has 6 nitrogen and oxygen atoms in total. The lowest BCUT2D eigenvalue weighted by Gasteiger charge is -2.45. The second-order valence-corrected chi connectivity index (χ2v) is 7.15. The Morgan fingerprint density at radius 2 is 2.00 bits per heavy atom. The van der Waals surface area contributed by atoms with E-state index < -0.39 is 17.8 Å². The van der Waals surface area contributed by atoms with E-state index in [0.29, 0.717) is 25.4 Å². The Bertz CT molecular complexity index is 956. The van der Waals surface area contributed by atoms with E-state index in [9.17, 15) is 5.11 Å². The van der Waals surface area contributed by atoms with Crippen molar-refractivity contribution in [2.75, 3.05) is 20.3 Å². The van der Waals surface area contributed by atoms with Crippen molar-refractivity contribution in [1.82, 2.24) is 9.38 Å². The highest BCUT2D eigenvalue weighted by molar-refractivity contribution is 5.62. The molecule has 28 heavy (non-hydrogen) atoms. The molecule has 0 fully saturated rings. The van der Waals surface area contributed by atoms with Crippen molar-refractivity contribution in [1.29, 1.82) is 0 Å². The van der Waals surface area contributed by atoms with E-state index >= 15 is 0 Å². The number of ether oxygens (including phenoxy) is 3. The van der Waals surface area contributed by atoms with Crippen LogP contribution in [-0.2, 0) is 15.1 Å². The molecule has 1 N–H and O–H groups in total. The summed E-state index contributed by atoms with van der Waals surface area (Å²) in [5.41, 5.74) is 2.45. The fourth-order valence-electron chi connectivity index (χ4n) is 4.06. The van der Waals surface area contributed by atoms with Crippen molar-refractivity contribution < 1.29 is 19.3 Å². The van der Waals surface area contributed by atoms with Crippen LogP contribution in [0.4, 0.5) is 0 Å². The topological polar surface area (TPSA) is 65.2 Å². The van der Waals surface area contributed by atoms with Crippen molar-refractivity contribution in [3.8, 4) is 5.75 Å². The highest BCUT2D eigenvalue weighted by Crippen LogP contribution is 2.50. The largest absolute Gasteiger partial charge is 0.479 e. The molecule has 3 aromatic rings. The molecule has 1 aliphatic heterocycles. The van der Waals surface area contributed by atoms with Crippen LogP contribution in [0.1, 0.15) is 36.3 Å². The van der Waals surface area contributed by atoms with Crippen molar-refractivity contribution in [3.63, 3.8) is 0 Å². The van der Waals surface area contributed by atoms with Crippen LogP contribution in [0.5, 0.6) is 5.75 Å². The number of pyridine rings is 1. The standard InChI is InChI=1S/C22H26N2O4/c1-4-22(27-13-12-26-3)17-10-11-24-14-15(2)23-21(24)19(17)28-18(20(22)25)16-8-6-5-7-9-16/h5-11,14,18,20,25H,4,12-13H2,1-3H3/t18-,20?,22?/m1/s1. The number of hydrogen-bond donors (Lipinski definition) is 1. The first-order chi connectivity index (χ1) is 13.6. The monoisotopic (exact) mass is 382 g/mol. The van der Waals surface area contributed by atoms with Crippen molar-refractivity contribution >= 4 is 5.65 Å². The maximum atomic E-state index is 11.4. The van der Waals surface area contributed by atoms with E-state index in [1.807, 2.05) is 67.0 Å². The van der Waals surface area contributed by atoms with Gasteiger partial charge in [0.25, 0.3) is 0 Å². The number of rotatable bonds is 6. The van der Waals surface area contributed by atoms with Crippen molar-refractivity contribution in [2.24, 2.45) is 0 Å². The molecule has 0 spiro atoms. The molecule has 2 aromatic heterocycles. The number of aryl methyl sites for hydroxylation is 1. The van der Waals surface area contributed by atoms with Crippen LogP contribution in [0.15, 0.2) is 48.8 Å². The molecule has 0 saturated heterocycles. The van der Waals surface area contributed by atoms with Gasteiger partial charge in [0.1, 0.15) is 11.7 Å². The minimum atomic E-state index is -0.909. The minimum absolute atomic E-state index is 0.376. The maximum Gasteiger partial charge on any atom is 0.180 e. The highest BCUT2D eigenvalue weighted by Gasteiger charge is 2.51. The summed E-state index contributed by atoms with van der Waals surface area (Å²) in [6, 6.07) is 11.7. The zero-order chi connectivity index (χ0) is 19.7. The number of fused-ring (bicyclic) bond motifs is 3. The van der Waals surface area contributed by atoms with E-state index in [4.69, 9.17) is 14.2 Å². The van der Waals surface area contributed by atoms with Crippen LogP contribution in [0, 0.1) is 6.92 Å². The minimum Gasteiger partial charge on any atom is -0.479 e. The van der Waals surface area contributed by atoms with Gasteiger partial charge in [-0.15, -0.1) is 0 Å². The summed E-state index contributed by atoms with van der Waals surface area (Å²) in [5.74, 6) is 0.661. The Kier molecular flexibility index (Phi) is 5.10. The first kappa shape index (κ1) is 18.9. The van der Waals surface area contributed by atoms with Gasteiger partial charge in [0, 0.05) is 25.1 Å². The highest BCUT2D eigenvalue weighted by atomic mass is 16.6. The van der Waals surface area contributed by atoms with Crippen LogP contribution < -0.4 is 4.74 Å². The molecule has 0 radical (unpaired) electrons. The molecular formula is C22H26N2O4. The van der Waals surface area contributed by atoms with Gasteiger partial charge in [-0.25, -0.2) is 4.98 Å². The SMILES string of the molecule is CCC1(OCCOC)c2ccn3cc(C)nc3c2O[C@H](c2ccccc2)C1O. The first-order valence-corrected chi connectivity index (χ1v) is 9.62. The summed E-state index contributed by atoms with van der Waals surface area (Å²) in [4.78, 5) is 4.65. The van der Waals surface area contributed by atoms with Crippen molar-refractivity contribution in [2.45, 2.75) is 38.1 Å². The summed E-state index contributed by atoms with van der Waals surface area (Å²) < 4.78 is 19.8. The molecule has 3 atom stereocenters. The van der Waals surface area contributed by atoms with E-state index in [-0.39, 0.29) is 0 Å². The fraction of sp³-hybridized carbons (Fsp3) is 0.409. The number of aliphatic hydroxyl groups is 1. The number of nitrogens with zero attached hydrogens (tertiary/aromatic N) is 2. The van der Waals surface area contributed by atoms with Gasteiger partial charge in [-0.3, -0.25) is 0 Å². The molecule has 3 heterocycles. The van der Waals surface area contributed by atoms with Gasteiger partial charge in [-0.1, -0.05) is 37.3 Å². The van der Waals surface area contributed by atoms with Gasteiger partial charge in [0.05, 0.1) is 18.9 Å². The normalized spacial score (nSPS) is 24.1. The number of benzene rings is 1. The molecule has 0 amide bonds. The lowest BCUT2D eigenvalue weighted by atomic mass is 9.79. The van der Waals surface area contributed by atoms with Crippen LogP contribution >= 0.6 is 0 Å². The van der Waals surface area contributed by atoms with Gasteiger partial charge in [0.15, 0.2) is 17.5 Å². The molecular weight excluding hydrogens is 356 g/mol. The zero-order valence-corrected chi connectivity index (χ0v) is 16.5. The summed E-state index contributed by atoms with van der Waals surface area (Å²) in [6.45, 7) is 4.80. The summed E-state index contributed by atoms with van der Waals surface area (Å²) in [7, 11) is 1.64. The van der Waals surface area contributed by atoms with E-state index in [1.165, 1.54) is 0 Å². The third-order valence-corrected chi connectivity index (χ3v) is 5.47. The molecule has 0 bridgehead atoms. The average Bonchev–Trinajstić information content (AvgIpc) is 3.10. The molecule has 0 saturated carbocycles. The van der Waals surface area contributed by atoms with Gasteiger partial charge in [-0.05, 0) is 25.0 Å². The van der Waals surface area contributed by atoms with E-state index in [1.54, 1.807) is 7.11 Å². The third kappa shape index (κ3) is 2.98. The van der Waals surface area contributed by atoms with Crippen LogP contribution in [0.2, 0.25) is 0 Å². The second-order valence-electron chi connectivity index (χ2n) is 7.15. The lowest BCUT2D eigenvalue weighted by molar-refractivity contribution is -0.182. The fourth-order valence-corrected chi connectivity index (χ4v) is 4.06. The molecule has 2 unspecified atom stereocenters. The molecule has 148 valence electrons. The Morgan fingerprint density at radius 1 is 1.21 bits per heavy atom. The van der Waals surface area contributed by atoms with E-state index in [2.05, 4.69) is 4.98 Å². The number of hydrogen-bond acceptors (Lipinski definition) is 5. The summed E-state index contributed by atoms with van der Waals surface area (Å²) in [5, 5.41) is 11.4. The molecule has 6 heteroatoms. The van der Waals surface area contributed by atoms with E-state index in [0.717, 1.165) is 22.5 Å². The lowest BCUT2D eigenvalue weighted by Crippen LogP contribution is -2.50. The Morgan fingerprint density at radius 3 is 2.71 bits per heavy atom. The average molecular weight is 382 g/mol. The quantitative estimate of drug-likeness (QED) is 0.662. The summed E-state index contributed by atoms with van der Waals surface area (Å²) in [6.07, 6.45) is 3.06. The molecule has 0 aliphatic carbocycles. The van der Waals surface area contributed by atoms with Crippen LogP contribution in [0.3, 0.4) is 0 Å². The number of aromatic nitrogens is 2. The number of methoxy groups -OCH3 is 1. The van der Waals surface area contributed by atoms with Gasteiger partial charge >= 0.3 is 0 Å². The molecule has 1 aliphatic rings. The molecule has 1 aromatic carbocycles. The Balaban J connectivity index is 1.90. The predicted molar refractivity (Wildman–Crippen MR) is 106 cm³/mol. The smallest absolute Gasteiger partial charge is 0.180 e. The maximum absolute atomic E-state index is 11.4. The van der Waals surface area contributed by atoms with Crippen LogP contribution in [0.25, 0.3) is 5.65 Å². The first-order valence-electron chi connectivity index (χ1n) is 9.62.